The lowest BCUT2D eigenvalue weighted by atomic mass is 10.0. The van der Waals surface area contributed by atoms with Gasteiger partial charge < -0.3 is 0 Å². The van der Waals surface area contributed by atoms with E-state index in [1.54, 1.807) is 19.2 Å². The molecule has 0 fully saturated rings. The molecule has 0 bridgehead atoms. The standard InChI is InChI=1S/C16H10F4N4/c1-21-7-12-16(23-24-22-12)9-4-2-8(3-5-9)10-6-11(17)14(19)15(20)13(10)18/h2-7H,1H3,(H,22,23,24)/b21-7+. The topological polar surface area (TPSA) is 53.9 Å². The molecule has 0 radical (unpaired) electrons. The van der Waals surface area contributed by atoms with Crippen LogP contribution in [0.3, 0.4) is 0 Å². The number of rotatable bonds is 3. The number of halogens is 4. The van der Waals surface area contributed by atoms with Crippen molar-refractivity contribution in [1.29, 1.82) is 0 Å². The summed E-state index contributed by atoms with van der Waals surface area (Å²) in [5.41, 5.74) is 1.57. The Morgan fingerprint density at radius 3 is 2.29 bits per heavy atom. The number of hydrogen-bond acceptors (Lipinski definition) is 3. The predicted octanol–water partition coefficient (Wildman–Crippen LogP) is 3.74. The third kappa shape index (κ3) is 2.66. The lowest BCUT2D eigenvalue weighted by Gasteiger charge is -2.07. The van der Waals surface area contributed by atoms with Gasteiger partial charge in [-0.3, -0.25) is 10.1 Å². The van der Waals surface area contributed by atoms with Crippen molar-refractivity contribution in [3.63, 3.8) is 0 Å². The second-order valence-corrected chi connectivity index (χ2v) is 4.89. The highest BCUT2D eigenvalue weighted by Gasteiger charge is 2.20. The van der Waals surface area contributed by atoms with Crippen molar-refractivity contribution in [3.8, 4) is 22.4 Å². The van der Waals surface area contributed by atoms with Crippen LogP contribution in [0.15, 0.2) is 35.3 Å². The van der Waals surface area contributed by atoms with Crippen LogP contribution < -0.4 is 0 Å². The molecule has 0 aliphatic rings. The monoisotopic (exact) mass is 334 g/mol. The van der Waals surface area contributed by atoms with E-state index in [2.05, 4.69) is 20.4 Å². The van der Waals surface area contributed by atoms with Gasteiger partial charge in [-0.15, -0.1) is 5.10 Å². The van der Waals surface area contributed by atoms with E-state index in [0.717, 1.165) is 0 Å². The molecule has 1 aromatic heterocycles. The Morgan fingerprint density at radius 1 is 0.958 bits per heavy atom. The Labute approximate surface area is 133 Å². The maximum Gasteiger partial charge on any atom is 0.198 e. The second-order valence-electron chi connectivity index (χ2n) is 4.89. The van der Waals surface area contributed by atoms with Crippen LogP contribution in [0.1, 0.15) is 5.69 Å². The van der Waals surface area contributed by atoms with Crippen LogP contribution in [0.2, 0.25) is 0 Å². The van der Waals surface area contributed by atoms with Crippen molar-refractivity contribution in [2.75, 3.05) is 7.05 Å². The van der Waals surface area contributed by atoms with E-state index in [-0.39, 0.29) is 11.1 Å². The molecule has 3 rings (SSSR count). The van der Waals surface area contributed by atoms with E-state index in [9.17, 15) is 17.6 Å². The van der Waals surface area contributed by atoms with Crippen LogP contribution >= 0.6 is 0 Å². The summed E-state index contributed by atoms with van der Waals surface area (Å²) in [6.45, 7) is 0. The van der Waals surface area contributed by atoms with E-state index >= 15 is 0 Å². The summed E-state index contributed by atoms with van der Waals surface area (Å²) in [6, 6.07) is 6.68. The van der Waals surface area contributed by atoms with Gasteiger partial charge in [0.15, 0.2) is 23.3 Å². The van der Waals surface area contributed by atoms with Crippen LogP contribution in [-0.2, 0) is 0 Å². The fourth-order valence-electron chi connectivity index (χ4n) is 2.26. The Kier molecular flexibility index (Phi) is 4.11. The lowest BCUT2D eigenvalue weighted by Crippen LogP contribution is -1.98. The molecule has 1 N–H and O–H groups in total. The van der Waals surface area contributed by atoms with Crippen molar-refractivity contribution in [1.82, 2.24) is 15.4 Å². The zero-order chi connectivity index (χ0) is 17.3. The number of hydrogen-bond donors (Lipinski definition) is 1. The Morgan fingerprint density at radius 2 is 1.62 bits per heavy atom. The van der Waals surface area contributed by atoms with Gasteiger partial charge in [0, 0.05) is 24.4 Å². The Hall–Kier alpha value is -3.03. The maximum atomic E-state index is 13.8. The predicted molar refractivity (Wildman–Crippen MR) is 80.6 cm³/mol. The SMILES string of the molecule is C/N=C/c1[nH]nnc1-c1ccc(-c2cc(F)c(F)c(F)c2F)cc1. The molecular formula is C16H10F4N4. The van der Waals surface area contributed by atoms with Crippen molar-refractivity contribution >= 4 is 6.21 Å². The zero-order valence-corrected chi connectivity index (χ0v) is 12.3. The second kappa shape index (κ2) is 6.23. The highest BCUT2D eigenvalue weighted by molar-refractivity contribution is 5.86. The Balaban J connectivity index is 2.03. The molecule has 0 saturated carbocycles. The number of nitrogens with zero attached hydrogens (tertiary/aromatic N) is 3. The first-order chi connectivity index (χ1) is 11.5. The number of benzene rings is 2. The molecule has 0 aliphatic carbocycles. The smallest absolute Gasteiger partial charge is 0.198 e. The van der Waals surface area contributed by atoms with Crippen LogP contribution in [0.25, 0.3) is 22.4 Å². The zero-order valence-electron chi connectivity index (χ0n) is 12.3. The van der Waals surface area contributed by atoms with Crippen LogP contribution in [0.4, 0.5) is 17.6 Å². The van der Waals surface area contributed by atoms with Crippen molar-refractivity contribution in [2.45, 2.75) is 0 Å². The normalized spacial score (nSPS) is 11.4. The number of aliphatic imine (C=N–C) groups is 1. The van der Waals surface area contributed by atoms with Crippen LogP contribution in [-0.4, -0.2) is 28.7 Å². The van der Waals surface area contributed by atoms with Gasteiger partial charge in [0.25, 0.3) is 0 Å². The summed E-state index contributed by atoms with van der Waals surface area (Å²) >= 11 is 0. The molecule has 1 heterocycles. The third-order valence-corrected chi connectivity index (χ3v) is 3.41. The van der Waals surface area contributed by atoms with Gasteiger partial charge in [-0.2, -0.15) is 0 Å². The molecular weight excluding hydrogens is 324 g/mol. The molecule has 0 amide bonds. The number of aromatic amines is 1. The molecule has 2 aromatic carbocycles. The first-order valence-electron chi connectivity index (χ1n) is 6.80. The fraction of sp³-hybridized carbons (Fsp3) is 0.0625. The molecule has 0 atom stereocenters. The van der Waals surface area contributed by atoms with E-state index in [4.69, 9.17) is 0 Å². The van der Waals surface area contributed by atoms with Gasteiger partial charge in [-0.05, 0) is 11.6 Å². The summed E-state index contributed by atoms with van der Waals surface area (Å²) in [5, 5.41) is 10.3. The number of aromatic nitrogens is 3. The highest BCUT2D eigenvalue weighted by Crippen LogP contribution is 2.29. The summed E-state index contributed by atoms with van der Waals surface area (Å²) < 4.78 is 53.6. The molecule has 0 spiro atoms. The minimum absolute atomic E-state index is 0.197. The van der Waals surface area contributed by atoms with E-state index in [1.807, 2.05) is 0 Å². The molecule has 0 unspecified atom stereocenters. The maximum absolute atomic E-state index is 13.8. The van der Waals surface area contributed by atoms with Crippen LogP contribution in [0, 0.1) is 23.3 Å². The fourth-order valence-corrected chi connectivity index (χ4v) is 2.26. The lowest BCUT2D eigenvalue weighted by molar-refractivity contribution is 0.411. The van der Waals surface area contributed by atoms with Crippen molar-refractivity contribution in [3.05, 3.63) is 59.3 Å². The molecule has 0 saturated heterocycles. The van der Waals surface area contributed by atoms with Crippen molar-refractivity contribution in [2.24, 2.45) is 4.99 Å². The summed E-state index contributed by atoms with van der Waals surface area (Å²) in [7, 11) is 1.59. The summed E-state index contributed by atoms with van der Waals surface area (Å²) in [5.74, 6) is -6.57. The van der Waals surface area contributed by atoms with E-state index < -0.39 is 23.3 Å². The van der Waals surface area contributed by atoms with E-state index in [0.29, 0.717) is 23.0 Å². The highest BCUT2D eigenvalue weighted by atomic mass is 19.2. The van der Waals surface area contributed by atoms with Gasteiger partial charge in [0.05, 0.1) is 0 Å². The molecule has 122 valence electrons. The summed E-state index contributed by atoms with van der Waals surface area (Å²) in [6.07, 6.45) is 1.54. The van der Waals surface area contributed by atoms with Crippen LogP contribution in [0.5, 0.6) is 0 Å². The quantitative estimate of drug-likeness (QED) is 0.343. The van der Waals surface area contributed by atoms with Gasteiger partial charge in [-0.1, -0.05) is 29.5 Å². The molecule has 3 aromatic rings. The Bertz CT molecular complexity index is 917. The van der Waals surface area contributed by atoms with Gasteiger partial charge >= 0.3 is 0 Å². The first kappa shape index (κ1) is 15.9. The molecule has 0 aliphatic heterocycles. The average molecular weight is 334 g/mol. The van der Waals surface area contributed by atoms with Gasteiger partial charge in [0.1, 0.15) is 11.4 Å². The molecule has 8 heteroatoms. The number of nitrogens with one attached hydrogen (secondary N) is 1. The van der Waals surface area contributed by atoms with Crippen molar-refractivity contribution < 1.29 is 17.6 Å². The number of H-pyrrole nitrogens is 1. The van der Waals surface area contributed by atoms with E-state index in [1.165, 1.54) is 18.3 Å². The van der Waals surface area contributed by atoms with Gasteiger partial charge in [0.2, 0.25) is 0 Å². The minimum atomic E-state index is -1.84. The largest absolute Gasteiger partial charge is 0.294 e. The molecule has 4 nitrogen and oxygen atoms in total. The molecule has 24 heavy (non-hydrogen) atoms. The minimum Gasteiger partial charge on any atom is -0.294 e. The summed E-state index contributed by atoms with van der Waals surface area (Å²) in [4.78, 5) is 3.86. The first-order valence-corrected chi connectivity index (χ1v) is 6.80. The van der Waals surface area contributed by atoms with Gasteiger partial charge in [-0.25, -0.2) is 17.6 Å². The third-order valence-electron chi connectivity index (χ3n) is 3.41. The average Bonchev–Trinajstić information content (AvgIpc) is 3.05.